The molecule has 0 aliphatic heterocycles. The fraction of sp³-hybridized carbons (Fsp3) is 0. The van der Waals surface area contributed by atoms with Crippen molar-refractivity contribution in [2.45, 2.75) is 0 Å². The average Bonchev–Trinajstić information content (AvgIpc) is 3.83. The third-order valence-electron chi connectivity index (χ3n) is 14.2. The molecule has 13 rings (SSSR count). The highest BCUT2D eigenvalue weighted by Crippen LogP contribution is 2.47. The molecule has 0 radical (unpaired) electrons. The first-order valence-electron chi connectivity index (χ1n) is 25.0. The Morgan fingerprint density at radius 1 is 0.247 bits per heavy atom. The highest BCUT2D eigenvalue weighted by molar-refractivity contribution is 6.18. The quantitative estimate of drug-likeness (QED) is 0.128. The molecule has 0 spiro atoms. The number of para-hydroxylation sites is 2. The van der Waals surface area contributed by atoms with Gasteiger partial charge in [0.2, 0.25) is 0 Å². The van der Waals surface area contributed by atoms with E-state index in [1.54, 1.807) is 0 Å². The van der Waals surface area contributed by atoms with Gasteiger partial charge in [0.05, 0.1) is 11.2 Å². The summed E-state index contributed by atoms with van der Waals surface area (Å²) in [6.45, 7) is 0. The largest absolute Gasteiger partial charge is 0.311 e. The Labute approximate surface area is 426 Å². The minimum Gasteiger partial charge on any atom is -0.311 e. The minimum absolute atomic E-state index is 1.07. The van der Waals surface area contributed by atoms with Crippen LogP contribution in [0.1, 0.15) is 0 Å². The van der Waals surface area contributed by atoms with E-state index in [0.717, 1.165) is 45.4 Å². The fourth-order valence-corrected chi connectivity index (χ4v) is 10.8. The fourth-order valence-electron chi connectivity index (χ4n) is 10.8. The van der Waals surface area contributed by atoms with Gasteiger partial charge >= 0.3 is 0 Å². The van der Waals surface area contributed by atoms with Crippen LogP contribution in [-0.4, -0.2) is 4.57 Å². The Morgan fingerprint density at radius 2 is 0.671 bits per heavy atom. The van der Waals surface area contributed by atoms with Gasteiger partial charge in [-0.2, -0.15) is 0 Å². The van der Waals surface area contributed by atoms with Crippen LogP contribution < -0.4 is 9.80 Å². The number of fused-ring (bicyclic) bond motifs is 4. The normalized spacial score (nSPS) is 11.3. The van der Waals surface area contributed by atoms with Crippen molar-refractivity contribution in [3.63, 3.8) is 0 Å². The summed E-state index contributed by atoms with van der Waals surface area (Å²) in [4.78, 5) is 4.66. The predicted octanol–water partition coefficient (Wildman–Crippen LogP) is 19.5. The number of hydrogen-bond acceptors (Lipinski definition) is 2. The minimum atomic E-state index is 1.07. The molecule has 1 heterocycles. The molecule has 0 unspecified atom stereocenters. The van der Waals surface area contributed by atoms with Crippen molar-refractivity contribution in [3.8, 4) is 50.3 Å². The summed E-state index contributed by atoms with van der Waals surface area (Å²) in [5, 5.41) is 6.05. The lowest BCUT2D eigenvalue weighted by molar-refractivity contribution is 1.14. The van der Waals surface area contributed by atoms with E-state index in [1.165, 1.54) is 71.5 Å². The van der Waals surface area contributed by atoms with Crippen LogP contribution in [0.4, 0.5) is 34.1 Å². The number of rotatable bonds is 11. The van der Waals surface area contributed by atoms with E-state index < -0.39 is 0 Å². The molecule has 1 aromatic heterocycles. The third-order valence-corrected chi connectivity index (χ3v) is 14.2. The summed E-state index contributed by atoms with van der Waals surface area (Å²) < 4.78 is 2.51. The van der Waals surface area contributed by atoms with Crippen LogP contribution in [0.15, 0.2) is 297 Å². The molecule has 0 fully saturated rings. The summed E-state index contributed by atoms with van der Waals surface area (Å²) in [6.07, 6.45) is 0. The maximum atomic E-state index is 2.51. The van der Waals surface area contributed by atoms with Gasteiger partial charge in [-0.1, -0.05) is 212 Å². The van der Waals surface area contributed by atoms with E-state index in [9.17, 15) is 0 Å². The molecule has 73 heavy (non-hydrogen) atoms. The lowest BCUT2D eigenvalue weighted by Gasteiger charge is -2.28. The summed E-state index contributed by atoms with van der Waals surface area (Å²) >= 11 is 0. The topological polar surface area (TPSA) is 11.4 Å². The van der Waals surface area contributed by atoms with Crippen molar-refractivity contribution < 1.29 is 0 Å². The molecule has 0 aliphatic carbocycles. The van der Waals surface area contributed by atoms with Gasteiger partial charge in [-0.05, 0) is 134 Å². The molecule has 12 aromatic carbocycles. The first-order valence-corrected chi connectivity index (χ1v) is 25.0. The third kappa shape index (κ3) is 8.09. The van der Waals surface area contributed by atoms with Gasteiger partial charge in [-0.15, -0.1) is 0 Å². The van der Waals surface area contributed by atoms with Gasteiger partial charge in [0.15, 0.2) is 0 Å². The van der Waals surface area contributed by atoms with Crippen molar-refractivity contribution >= 4 is 66.6 Å². The Hall–Kier alpha value is -9.70. The molecule has 0 saturated heterocycles. The van der Waals surface area contributed by atoms with Gasteiger partial charge < -0.3 is 14.4 Å². The second-order valence-corrected chi connectivity index (χ2v) is 18.5. The van der Waals surface area contributed by atoms with Crippen molar-refractivity contribution in [2.75, 3.05) is 9.80 Å². The molecular formula is C70H49N3. The Bertz CT molecular complexity index is 3980. The van der Waals surface area contributed by atoms with Crippen LogP contribution in [-0.2, 0) is 0 Å². The maximum Gasteiger partial charge on any atom is 0.0620 e. The molecular weight excluding hydrogens is 883 g/mol. The van der Waals surface area contributed by atoms with Crippen LogP contribution in [0.5, 0.6) is 0 Å². The Balaban J connectivity index is 0.950. The van der Waals surface area contributed by atoms with Crippen LogP contribution in [0.3, 0.4) is 0 Å². The Kier molecular flexibility index (Phi) is 11.2. The SMILES string of the molecule is c1ccc(-c2ccc(N(c3ccc(-c4cccc5c4ccc4c(-c6ccccc6)c(-c6ccccc6)n(-c6ccc7ccccc7c6)c45)cc3)c3ccc(N(c4ccccc4)c4ccccc4)cc3)cc2)cc1. The van der Waals surface area contributed by atoms with Gasteiger partial charge in [0.25, 0.3) is 0 Å². The highest BCUT2D eigenvalue weighted by atomic mass is 15.2. The van der Waals surface area contributed by atoms with E-state index in [-0.39, 0.29) is 0 Å². The van der Waals surface area contributed by atoms with Gasteiger partial charge in [0, 0.05) is 56.1 Å². The van der Waals surface area contributed by atoms with Crippen molar-refractivity contribution in [1.82, 2.24) is 4.57 Å². The van der Waals surface area contributed by atoms with E-state index in [1.807, 2.05) is 0 Å². The van der Waals surface area contributed by atoms with Crippen LogP contribution >= 0.6 is 0 Å². The van der Waals surface area contributed by atoms with Gasteiger partial charge in [0.1, 0.15) is 0 Å². The molecule has 3 nitrogen and oxygen atoms in total. The second kappa shape index (κ2) is 18.9. The molecule has 344 valence electrons. The van der Waals surface area contributed by atoms with Crippen molar-refractivity contribution in [3.05, 3.63) is 297 Å². The number of aromatic nitrogens is 1. The summed E-state index contributed by atoms with van der Waals surface area (Å²) in [5.74, 6) is 0. The molecule has 3 heteroatoms. The highest BCUT2D eigenvalue weighted by Gasteiger charge is 2.24. The zero-order valence-electron chi connectivity index (χ0n) is 40.1. The molecule has 0 amide bonds. The zero-order valence-corrected chi connectivity index (χ0v) is 40.1. The lowest BCUT2D eigenvalue weighted by Crippen LogP contribution is -2.12. The lowest BCUT2D eigenvalue weighted by atomic mass is 9.94. The Morgan fingerprint density at radius 3 is 1.23 bits per heavy atom. The first-order chi connectivity index (χ1) is 36.2. The number of anilines is 6. The van der Waals surface area contributed by atoms with Gasteiger partial charge in [-0.3, -0.25) is 0 Å². The van der Waals surface area contributed by atoms with Crippen molar-refractivity contribution in [1.29, 1.82) is 0 Å². The summed E-state index contributed by atoms with van der Waals surface area (Å²) in [7, 11) is 0. The monoisotopic (exact) mass is 931 g/mol. The van der Waals surface area contributed by atoms with Crippen LogP contribution in [0.2, 0.25) is 0 Å². The van der Waals surface area contributed by atoms with E-state index >= 15 is 0 Å². The molecule has 0 bridgehead atoms. The predicted molar refractivity (Wildman–Crippen MR) is 309 cm³/mol. The number of nitrogens with zero attached hydrogens (tertiary/aromatic N) is 3. The number of benzene rings is 12. The molecule has 0 saturated carbocycles. The summed E-state index contributed by atoms with van der Waals surface area (Å²) in [6, 6.07) is 107. The smallest absolute Gasteiger partial charge is 0.0620 e. The van der Waals surface area contributed by atoms with E-state index in [0.29, 0.717) is 0 Å². The van der Waals surface area contributed by atoms with E-state index in [4.69, 9.17) is 0 Å². The summed E-state index contributed by atoms with van der Waals surface area (Å²) in [5.41, 5.74) is 18.3. The number of hydrogen-bond donors (Lipinski definition) is 0. The zero-order chi connectivity index (χ0) is 48.5. The molecule has 0 N–H and O–H groups in total. The first kappa shape index (κ1) is 43.3. The van der Waals surface area contributed by atoms with Gasteiger partial charge in [-0.25, -0.2) is 0 Å². The molecule has 0 atom stereocenters. The van der Waals surface area contributed by atoms with Crippen LogP contribution in [0.25, 0.3) is 82.8 Å². The molecule has 0 aliphatic rings. The maximum absolute atomic E-state index is 2.51. The second-order valence-electron chi connectivity index (χ2n) is 18.5. The molecule has 13 aromatic rings. The van der Waals surface area contributed by atoms with Crippen LogP contribution in [0, 0.1) is 0 Å². The van der Waals surface area contributed by atoms with E-state index in [2.05, 4.69) is 312 Å². The average molecular weight is 932 g/mol. The van der Waals surface area contributed by atoms with Crippen molar-refractivity contribution in [2.24, 2.45) is 0 Å². The standard InChI is InChI=1S/C70H49N3/c1-6-19-50(20-7-1)52-33-38-59(39-34-52)72(62-45-43-61(44-46-62)71(57-27-12-4-13-28-57)58-29-14-5-15-30-58)60-40-36-53(37-41-60)64-31-18-32-66-65(64)47-48-67-68(54-22-8-2-9-23-54)69(55-24-10-3-11-25-55)73(70(66)67)63-42-35-51-21-16-17-26-56(51)49-63/h1-49H.